The number of anilines is 2. The van der Waals surface area contributed by atoms with E-state index in [9.17, 15) is 0 Å². The molecule has 0 amide bonds. The number of halogens is 2. The van der Waals surface area contributed by atoms with Crippen molar-refractivity contribution in [2.75, 3.05) is 5.32 Å². The van der Waals surface area contributed by atoms with Crippen LogP contribution >= 0.6 is 31.9 Å². The number of rotatable bonds is 2. The van der Waals surface area contributed by atoms with Crippen LogP contribution < -0.4 is 5.32 Å². The fraction of sp³-hybridized carbons (Fsp3) is 0.0714. The first kappa shape index (κ1) is 13.1. The van der Waals surface area contributed by atoms with Crippen molar-refractivity contribution in [3.63, 3.8) is 0 Å². The van der Waals surface area contributed by atoms with E-state index in [4.69, 9.17) is 5.26 Å². The minimum absolute atomic E-state index is 0.635. The molecular formula is C14H10Br2N2. The third kappa shape index (κ3) is 2.74. The summed E-state index contributed by atoms with van der Waals surface area (Å²) >= 11 is 7.02. The minimum Gasteiger partial charge on any atom is -0.354 e. The predicted molar refractivity (Wildman–Crippen MR) is 81.0 cm³/mol. The van der Waals surface area contributed by atoms with Gasteiger partial charge in [-0.25, -0.2) is 0 Å². The SMILES string of the molecule is Cc1cccc(Nc2ccc(C#N)cc2Br)c1Br. The van der Waals surface area contributed by atoms with Crippen LogP contribution in [0.2, 0.25) is 0 Å². The van der Waals surface area contributed by atoms with Gasteiger partial charge in [-0.05, 0) is 68.6 Å². The summed E-state index contributed by atoms with van der Waals surface area (Å²) in [6.07, 6.45) is 0. The van der Waals surface area contributed by atoms with Crippen molar-refractivity contribution < 1.29 is 0 Å². The molecule has 0 aliphatic rings. The van der Waals surface area contributed by atoms with E-state index in [-0.39, 0.29) is 0 Å². The molecule has 0 aliphatic carbocycles. The fourth-order valence-corrected chi connectivity index (χ4v) is 2.42. The molecule has 0 aromatic heterocycles. The summed E-state index contributed by atoms with van der Waals surface area (Å²) in [4.78, 5) is 0. The summed E-state index contributed by atoms with van der Waals surface area (Å²) in [5.41, 5.74) is 3.74. The maximum Gasteiger partial charge on any atom is 0.0992 e. The molecule has 0 unspecified atom stereocenters. The first-order chi connectivity index (χ1) is 8.61. The number of nitriles is 1. The molecule has 0 aliphatic heterocycles. The van der Waals surface area contributed by atoms with E-state index in [0.717, 1.165) is 20.3 Å². The van der Waals surface area contributed by atoms with Crippen molar-refractivity contribution in [2.45, 2.75) is 6.92 Å². The molecule has 2 aromatic carbocycles. The highest BCUT2D eigenvalue weighted by Gasteiger charge is 2.05. The highest BCUT2D eigenvalue weighted by Crippen LogP contribution is 2.32. The molecule has 90 valence electrons. The third-order valence-electron chi connectivity index (χ3n) is 2.56. The van der Waals surface area contributed by atoms with Crippen LogP contribution in [-0.4, -0.2) is 0 Å². The molecule has 0 fully saturated rings. The highest BCUT2D eigenvalue weighted by molar-refractivity contribution is 9.11. The van der Waals surface area contributed by atoms with E-state index < -0.39 is 0 Å². The predicted octanol–water partition coefficient (Wildman–Crippen LogP) is 5.14. The van der Waals surface area contributed by atoms with Gasteiger partial charge in [-0.3, -0.25) is 0 Å². The summed E-state index contributed by atoms with van der Waals surface area (Å²) in [6.45, 7) is 2.04. The summed E-state index contributed by atoms with van der Waals surface area (Å²) in [5, 5.41) is 12.2. The van der Waals surface area contributed by atoms with Gasteiger partial charge in [0.25, 0.3) is 0 Å². The standard InChI is InChI=1S/C14H10Br2N2/c1-9-3-2-4-13(14(9)16)18-12-6-5-10(8-17)7-11(12)15/h2-7,18H,1H3. The number of nitrogens with one attached hydrogen (secondary N) is 1. The monoisotopic (exact) mass is 364 g/mol. The number of hydrogen-bond acceptors (Lipinski definition) is 2. The van der Waals surface area contributed by atoms with E-state index in [1.165, 1.54) is 5.56 Å². The van der Waals surface area contributed by atoms with E-state index in [1.807, 2.05) is 31.2 Å². The second-order valence-electron chi connectivity index (χ2n) is 3.87. The van der Waals surface area contributed by atoms with Crippen LogP contribution in [0.5, 0.6) is 0 Å². The van der Waals surface area contributed by atoms with E-state index >= 15 is 0 Å². The van der Waals surface area contributed by atoms with Crippen LogP contribution in [-0.2, 0) is 0 Å². The first-order valence-electron chi connectivity index (χ1n) is 5.33. The Morgan fingerprint density at radius 1 is 1.11 bits per heavy atom. The molecule has 0 heterocycles. The molecule has 4 heteroatoms. The Balaban J connectivity index is 2.35. The molecule has 18 heavy (non-hydrogen) atoms. The summed E-state index contributed by atoms with van der Waals surface area (Å²) in [7, 11) is 0. The molecule has 0 spiro atoms. The summed E-state index contributed by atoms with van der Waals surface area (Å²) in [5.74, 6) is 0. The normalized spacial score (nSPS) is 9.89. The van der Waals surface area contributed by atoms with Crippen LogP contribution in [0.1, 0.15) is 11.1 Å². The smallest absolute Gasteiger partial charge is 0.0992 e. The van der Waals surface area contributed by atoms with Crippen molar-refractivity contribution in [2.24, 2.45) is 0 Å². The Labute approximate surface area is 123 Å². The van der Waals surface area contributed by atoms with Gasteiger partial charge in [0, 0.05) is 8.95 Å². The zero-order chi connectivity index (χ0) is 13.1. The average molecular weight is 366 g/mol. The molecule has 0 atom stereocenters. The molecule has 1 N–H and O–H groups in total. The summed E-state index contributed by atoms with van der Waals surface area (Å²) < 4.78 is 1.91. The van der Waals surface area contributed by atoms with Crippen molar-refractivity contribution in [3.05, 3.63) is 56.5 Å². The van der Waals surface area contributed by atoms with Crippen LogP contribution in [0.15, 0.2) is 45.3 Å². The average Bonchev–Trinajstić information content (AvgIpc) is 2.37. The third-order valence-corrected chi connectivity index (χ3v) is 4.27. The van der Waals surface area contributed by atoms with Gasteiger partial charge in [0.2, 0.25) is 0 Å². The van der Waals surface area contributed by atoms with Crippen LogP contribution in [0, 0.1) is 18.3 Å². The second-order valence-corrected chi connectivity index (χ2v) is 5.52. The number of hydrogen-bond donors (Lipinski definition) is 1. The Kier molecular flexibility index (Phi) is 4.05. The molecule has 0 radical (unpaired) electrons. The Bertz CT molecular complexity index is 630. The fourth-order valence-electron chi connectivity index (χ4n) is 1.58. The summed E-state index contributed by atoms with van der Waals surface area (Å²) in [6, 6.07) is 13.6. The van der Waals surface area contributed by atoms with Crippen LogP contribution in [0.4, 0.5) is 11.4 Å². The molecule has 2 aromatic rings. The molecule has 0 saturated heterocycles. The maximum atomic E-state index is 8.82. The van der Waals surface area contributed by atoms with Gasteiger partial charge in [0.05, 0.1) is 23.0 Å². The zero-order valence-corrected chi connectivity index (χ0v) is 12.8. The molecule has 0 bridgehead atoms. The van der Waals surface area contributed by atoms with E-state index in [2.05, 4.69) is 43.2 Å². The molecule has 0 saturated carbocycles. The van der Waals surface area contributed by atoms with Crippen molar-refractivity contribution >= 4 is 43.2 Å². The molecular weight excluding hydrogens is 356 g/mol. The van der Waals surface area contributed by atoms with E-state index in [0.29, 0.717) is 5.56 Å². The Morgan fingerprint density at radius 3 is 2.56 bits per heavy atom. The van der Waals surface area contributed by atoms with Crippen LogP contribution in [0.3, 0.4) is 0 Å². The lowest BCUT2D eigenvalue weighted by Gasteiger charge is -2.11. The highest BCUT2D eigenvalue weighted by atomic mass is 79.9. The van der Waals surface area contributed by atoms with Crippen molar-refractivity contribution in [3.8, 4) is 6.07 Å². The number of benzene rings is 2. The Morgan fingerprint density at radius 2 is 1.89 bits per heavy atom. The topological polar surface area (TPSA) is 35.8 Å². The van der Waals surface area contributed by atoms with Gasteiger partial charge in [-0.15, -0.1) is 0 Å². The van der Waals surface area contributed by atoms with Gasteiger partial charge in [-0.1, -0.05) is 12.1 Å². The largest absolute Gasteiger partial charge is 0.354 e. The first-order valence-corrected chi connectivity index (χ1v) is 6.92. The zero-order valence-electron chi connectivity index (χ0n) is 9.67. The van der Waals surface area contributed by atoms with Gasteiger partial charge in [0.1, 0.15) is 0 Å². The van der Waals surface area contributed by atoms with Crippen LogP contribution in [0.25, 0.3) is 0 Å². The van der Waals surface area contributed by atoms with Crippen molar-refractivity contribution in [1.29, 1.82) is 5.26 Å². The number of aryl methyl sites for hydroxylation is 1. The van der Waals surface area contributed by atoms with Gasteiger partial charge in [-0.2, -0.15) is 5.26 Å². The lowest BCUT2D eigenvalue weighted by molar-refractivity contribution is 1.40. The van der Waals surface area contributed by atoms with Gasteiger partial charge in [0.15, 0.2) is 0 Å². The lowest BCUT2D eigenvalue weighted by Crippen LogP contribution is -1.94. The molecule has 2 rings (SSSR count). The van der Waals surface area contributed by atoms with E-state index in [1.54, 1.807) is 12.1 Å². The molecule has 2 nitrogen and oxygen atoms in total. The second kappa shape index (κ2) is 5.55. The van der Waals surface area contributed by atoms with Crippen molar-refractivity contribution in [1.82, 2.24) is 0 Å². The van der Waals surface area contributed by atoms with Gasteiger partial charge < -0.3 is 5.32 Å². The number of nitrogens with zero attached hydrogens (tertiary/aromatic N) is 1. The Hall–Kier alpha value is -1.31. The minimum atomic E-state index is 0.635. The quantitative estimate of drug-likeness (QED) is 0.800. The maximum absolute atomic E-state index is 8.82. The van der Waals surface area contributed by atoms with Gasteiger partial charge >= 0.3 is 0 Å². The lowest BCUT2D eigenvalue weighted by atomic mass is 10.2.